The second-order valence-electron chi connectivity index (χ2n) is 10.0. The summed E-state index contributed by atoms with van der Waals surface area (Å²) in [7, 11) is 0. The molecule has 2 aromatic heterocycles. The maximum absolute atomic E-state index is 13.5. The van der Waals surface area contributed by atoms with Crippen LogP contribution in [0.1, 0.15) is 57.7 Å². The van der Waals surface area contributed by atoms with Crippen LogP contribution in [0.15, 0.2) is 52.4 Å². The zero-order chi connectivity index (χ0) is 32.5. The molecule has 4 heterocycles. The molecular weight excluding hydrogens is 624 g/mol. The number of nitrogens with two attached hydrogens (primary N) is 1. The molecule has 2 aromatic rings. The molecule has 4 N–H and O–H groups in total. The van der Waals surface area contributed by atoms with E-state index >= 15 is 0 Å². The van der Waals surface area contributed by atoms with Crippen LogP contribution in [0, 0.1) is 0 Å². The van der Waals surface area contributed by atoms with Gasteiger partial charge in [0.25, 0.3) is 11.8 Å². The molecule has 0 aliphatic carbocycles. The lowest BCUT2D eigenvalue weighted by Gasteiger charge is -2.49. The number of nitrogens with zero attached hydrogens (tertiary/aromatic N) is 4. The number of nitrogen functional groups attached to an aromatic ring is 1. The Labute approximate surface area is 267 Å². The minimum atomic E-state index is -1.32. The number of ether oxygens (including phenoxy) is 3. The number of aromatic nitrogens is 2. The Morgan fingerprint density at radius 1 is 1.22 bits per heavy atom. The van der Waals surface area contributed by atoms with E-state index in [1.54, 1.807) is 30.6 Å². The van der Waals surface area contributed by atoms with Crippen molar-refractivity contribution in [1.82, 2.24) is 20.2 Å². The molecule has 14 nitrogen and oxygen atoms in total. The number of pyridine rings is 1. The fraction of sp³-hybridized carbons (Fsp3) is 0.414. The van der Waals surface area contributed by atoms with Crippen molar-refractivity contribution < 1.29 is 38.6 Å². The summed E-state index contributed by atoms with van der Waals surface area (Å²) in [6.45, 7) is 5.33. The van der Waals surface area contributed by atoms with E-state index in [4.69, 9.17) is 19.9 Å². The van der Waals surface area contributed by atoms with Crippen LogP contribution in [-0.2, 0) is 28.6 Å². The number of amides is 2. The average molecular weight is 659 g/mol. The Morgan fingerprint density at radius 3 is 2.60 bits per heavy atom. The number of allylic oxidation sites excluding steroid dienone is 1. The van der Waals surface area contributed by atoms with Gasteiger partial charge in [0.2, 0.25) is 6.29 Å². The van der Waals surface area contributed by atoms with Crippen molar-refractivity contribution in [3.05, 3.63) is 58.5 Å². The van der Waals surface area contributed by atoms with Gasteiger partial charge in [0.1, 0.15) is 28.9 Å². The summed E-state index contributed by atoms with van der Waals surface area (Å²) in [5.74, 6) is -2.07. The molecule has 4 rings (SSSR count). The van der Waals surface area contributed by atoms with Gasteiger partial charge in [-0.2, -0.15) is 0 Å². The fourth-order valence-corrected chi connectivity index (χ4v) is 6.55. The Hall–Kier alpha value is -4.44. The van der Waals surface area contributed by atoms with Crippen molar-refractivity contribution in [2.45, 2.75) is 70.3 Å². The van der Waals surface area contributed by atoms with E-state index in [2.05, 4.69) is 20.4 Å². The molecule has 2 aliphatic rings. The predicted molar refractivity (Wildman–Crippen MR) is 167 cm³/mol. The molecule has 1 fully saturated rings. The van der Waals surface area contributed by atoms with E-state index in [0.29, 0.717) is 18.4 Å². The van der Waals surface area contributed by atoms with Crippen molar-refractivity contribution in [3.63, 3.8) is 0 Å². The molecule has 1 saturated heterocycles. The van der Waals surface area contributed by atoms with Crippen molar-refractivity contribution in [2.24, 2.45) is 5.16 Å². The van der Waals surface area contributed by atoms with Crippen LogP contribution < -0.4 is 11.1 Å². The monoisotopic (exact) mass is 658 g/mol. The Bertz CT molecular complexity index is 1490. The number of anilines is 1. The third-order valence-corrected chi connectivity index (χ3v) is 8.71. The Morgan fingerprint density at radius 2 is 1.98 bits per heavy atom. The third-order valence-electron chi connectivity index (χ3n) is 6.74. The zero-order valence-electron chi connectivity index (χ0n) is 24.9. The minimum Gasteiger partial charge on any atom is -0.431 e. The molecule has 0 spiro atoms. The maximum Gasteiger partial charge on any atom is 0.511 e. The summed E-state index contributed by atoms with van der Waals surface area (Å²) in [4.78, 5) is 61.5. The summed E-state index contributed by atoms with van der Waals surface area (Å²) in [5.41, 5.74) is 6.44. The van der Waals surface area contributed by atoms with Gasteiger partial charge in [0.15, 0.2) is 10.8 Å². The number of hydrogen-bond donors (Lipinski definition) is 3. The van der Waals surface area contributed by atoms with E-state index in [1.807, 2.05) is 19.9 Å². The lowest BCUT2D eigenvalue weighted by molar-refractivity contribution is -0.169. The van der Waals surface area contributed by atoms with Gasteiger partial charge in [-0.3, -0.25) is 19.5 Å². The number of β-lactam (4-membered cyclic amide) rings is 1. The summed E-state index contributed by atoms with van der Waals surface area (Å²) >= 11 is 2.37. The number of hydrogen-bond acceptors (Lipinski definition) is 14. The summed E-state index contributed by atoms with van der Waals surface area (Å²) < 4.78 is 16.0. The molecule has 3 atom stereocenters. The number of fused-ring (bicyclic) bond motifs is 1. The first-order valence-corrected chi connectivity index (χ1v) is 16.2. The molecule has 16 heteroatoms. The highest BCUT2D eigenvalue weighted by Crippen LogP contribution is 2.41. The number of rotatable bonds is 13. The van der Waals surface area contributed by atoms with Gasteiger partial charge in [-0.1, -0.05) is 50.1 Å². The summed E-state index contributed by atoms with van der Waals surface area (Å²) in [6, 6.07) is 2.54. The first-order valence-electron chi connectivity index (χ1n) is 14.2. The quantitative estimate of drug-likeness (QED) is 0.0706. The van der Waals surface area contributed by atoms with E-state index < -0.39 is 47.4 Å². The topological polar surface area (TPSA) is 196 Å². The van der Waals surface area contributed by atoms with Crippen molar-refractivity contribution in [3.8, 4) is 0 Å². The van der Waals surface area contributed by atoms with Crippen LogP contribution in [0.5, 0.6) is 0 Å². The first-order chi connectivity index (χ1) is 21.7. The lowest BCUT2D eigenvalue weighted by Crippen LogP contribution is -2.71. The van der Waals surface area contributed by atoms with Gasteiger partial charge in [-0.15, -0.1) is 23.1 Å². The van der Waals surface area contributed by atoms with Crippen LogP contribution in [-0.4, -0.2) is 79.3 Å². The molecule has 45 heavy (non-hydrogen) atoms. The van der Waals surface area contributed by atoms with Crippen molar-refractivity contribution in [1.29, 1.82) is 0 Å². The van der Waals surface area contributed by atoms with Crippen LogP contribution in [0.3, 0.4) is 0 Å². The van der Waals surface area contributed by atoms with Crippen LogP contribution >= 0.6 is 23.1 Å². The molecule has 2 amide bonds. The van der Waals surface area contributed by atoms with E-state index in [0.717, 1.165) is 29.7 Å². The maximum atomic E-state index is 13.5. The van der Waals surface area contributed by atoms with Crippen LogP contribution in [0.25, 0.3) is 6.08 Å². The minimum absolute atomic E-state index is 0.0487. The smallest absolute Gasteiger partial charge is 0.431 e. The van der Waals surface area contributed by atoms with Gasteiger partial charge in [0, 0.05) is 30.5 Å². The SMILES string of the molecule is CCCC(CCC)OC(=O)OC(C)OC(=O)C1=C(/C=C\c2cccnc2)CS[C@@H]2[C@H](NC(=O)C(=NO)c3csc(N)n3)C(=O)N12. The van der Waals surface area contributed by atoms with Gasteiger partial charge in [0.05, 0.1) is 0 Å². The van der Waals surface area contributed by atoms with Gasteiger partial charge < -0.3 is 30.5 Å². The standard InChI is InChI=1S/C29H34N6O8S2/c1-4-7-19(8-5-2)43-29(39)42-16(3)41-27(38)23-18(11-10-17-9-6-12-31-13-17)14-44-26-22(25(37)35(23)26)33-24(36)21(34-40)20-15-45-28(30)32-20/h6,9-13,15-16,19,22,26,40H,4-5,7-8,14H2,1-3H3,(H2,30,32)(H,33,36)/b11-10-,34-21?/t16?,22-,26-/m1/s1. The molecule has 240 valence electrons. The van der Waals surface area contributed by atoms with Crippen molar-refractivity contribution >= 4 is 64.0 Å². The molecule has 0 radical (unpaired) electrons. The number of carbonyl (C=O) groups is 4. The fourth-order valence-electron chi connectivity index (χ4n) is 4.69. The summed E-state index contributed by atoms with van der Waals surface area (Å²) in [6.07, 6.45) is 7.08. The predicted octanol–water partition coefficient (Wildman–Crippen LogP) is 3.68. The van der Waals surface area contributed by atoms with Gasteiger partial charge in [-0.25, -0.2) is 14.6 Å². The van der Waals surface area contributed by atoms with Crippen molar-refractivity contribution in [2.75, 3.05) is 11.5 Å². The Kier molecular flexibility index (Phi) is 11.5. The van der Waals surface area contributed by atoms with Crippen LogP contribution in [0.2, 0.25) is 0 Å². The molecular formula is C29H34N6O8S2. The second kappa shape index (κ2) is 15.5. The highest BCUT2D eigenvalue weighted by molar-refractivity contribution is 8.00. The van der Waals surface area contributed by atoms with Gasteiger partial charge >= 0.3 is 12.1 Å². The molecule has 0 bridgehead atoms. The number of oxime groups is 1. The largest absolute Gasteiger partial charge is 0.511 e. The number of thioether (sulfide) groups is 1. The molecule has 0 aromatic carbocycles. The normalized spacial score (nSPS) is 18.8. The number of carbonyl (C=O) groups excluding carboxylic acids is 4. The van der Waals surface area contributed by atoms with Crippen LogP contribution in [0.4, 0.5) is 9.93 Å². The lowest BCUT2D eigenvalue weighted by atomic mass is 10.0. The Balaban J connectivity index is 1.51. The number of thiazole rings is 1. The first kappa shape index (κ1) is 33.5. The number of nitrogens with one attached hydrogen (secondary N) is 1. The molecule has 2 aliphatic heterocycles. The van der Waals surface area contributed by atoms with Gasteiger partial charge in [-0.05, 0) is 30.0 Å². The second-order valence-corrected chi connectivity index (χ2v) is 12.0. The number of esters is 1. The highest BCUT2D eigenvalue weighted by atomic mass is 32.2. The zero-order valence-corrected chi connectivity index (χ0v) is 26.5. The highest BCUT2D eigenvalue weighted by Gasteiger charge is 2.54. The summed E-state index contributed by atoms with van der Waals surface area (Å²) in [5, 5.41) is 16.0. The van der Waals surface area contributed by atoms with E-state index in [-0.39, 0.29) is 28.4 Å². The molecule has 1 unspecified atom stereocenters. The molecule has 0 saturated carbocycles. The third kappa shape index (κ3) is 8.19. The average Bonchev–Trinajstić information content (AvgIpc) is 3.44. The van der Waals surface area contributed by atoms with E-state index in [1.165, 1.54) is 29.0 Å². The van der Waals surface area contributed by atoms with E-state index in [9.17, 15) is 24.4 Å².